The van der Waals surface area contributed by atoms with Crippen LogP contribution in [0.4, 0.5) is 11.4 Å². The standard InChI is InChI=1S/C23H27N5O3S2/c1-26-9-11-27(12-10-26)18-6-4-17(5-7-18)24-23(29)20-15-21(22-3-2-13-32-22)28(25-20)19-8-14-33(30,31)16-19/h2-7,13,15,19H,8-12,14,16H2,1H3,(H,24,29). The molecule has 33 heavy (non-hydrogen) atoms. The topological polar surface area (TPSA) is 87.5 Å². The first-order chi connectivity index (χ1) is 15.9. The first-order valence-electron chi connectivity index (χ1n) is 11.1. The predicted molar refractivity (Wildman–Crippen MR) is 132 cm³/mol. The molecule has 3 aromatic rings. The maximum Gasteiger partial charge on any atom is 0.276 e. The molecule has 1 aromatic carbocycles. The van der Waals surface area contributed by atoms with Gasteiger partial charge in [0.1, 0.15) is 0 Å². The van der Waals surface area contributed by atoms with Gasteiger partial charge in [0.25, 0.3) is 5.91 Å². The Morgan fingerprint density at radius 1 is 1.12 bits per heavy atom. The molecule has 0 spiro atoms. The number of anilines is 2. The molecule has 174 valence electrons. The molecule has 8 nitrogen and oxygen atoms in total. The van der Waals surface area contributed by atoms with Crippen LogP contribution in [0.5, 0.6) is 0 Å². The molecule has 2 aromatic heterocycles. The lowest BCUT2D eigenvalue weighted by Crippen LogP contribution is -2.44. The molecule has 4 heterocycles. The van der Waals surface area contributed by atoms with Gasteiger partial charge >= 0.3 is 0 Å². The van der Waals surface area contributed by atoms with Crippen molar-refractivity contribution in [1.29, 1.82) is 0 Å². The van der Waals surface area contributed by atoms with E-state index in [9.17, 15) is 13.2 Å². The summed E-state index contributed by atoms with van der Waals surface area (Å²) in [6, 6.07) is 13.3. The highest BCUT2D eigenvalue weighted by molar-refractivity contribution is 7.91. The summed E-state index contributed by atoms with van der Waals surface area (Å²) in [7, 11) is -0.938. The van der Waals surface area contributed by atoms with Gasteiger partial charge in [-0.2, -0.15) is 5.10 Å². The van der Waals surface area contributed by atoms with Crippen LogP contribution < -0.4 is 10.2 Å². The molecule has 0 aliphatic carbocycles. The predicted octanol–water partition coefficient (Wildman–Crippen LogP) is 2.98. The molecule has 1 N–H and O–H groups in total. The molecule has 0 saturated carbocycles. The van der Waals surface area contributed by atoms with Gasteiger partial charge in [-0.3, -0.25) is 9.48 Å². The molecule has 2 aliphatic rings. The van der Waals surface area contributed by atoms with Crippen LogP contribution in [0, 0.1) is 0 Å². The van der Waals surface area contributed by atoms with E-state index in [2.05, 4.69) is 27.3 Å². The van der Waals surface area contributed by atoms with Crippen molar-refractivity contribution in [2.75, 3.05) is 54.9 Å². The van der Waals surface area contributed by atoms with Gasteiger partial charge in [0, 0.05) is 37.6 Å². The van der Waals surface area contributed by atoms with Crippen LogP contribution >= 0.6 is 11.3 Å². The Bertz CT molecular complexity index is 1230. The van der Waals surface area contributed by atoms with Crippen molar-refractivity contribution in [3.05, 3.63) is 53.5 Å². The highest BCUT2D eigenvalue weighted by Crippen LogP contribution is 2.32. The highest BCUT2D eigenvalue weighted by Gasteiger charge is 2.32. The monoisotopic (exact) mass is 485 g/mol. The first-order valence-corrected chi connectivity index (χ1v) is 13.8. The van der Waals surface area contributed by atoms with Gasteiger partial charge in [-0.1, -0.05) is 6.07 Å². The van der Waals surface area contributed by atoms with Crippen molar-refractivity contribution in [2.24, 2.45) is 0 Å². The average molecular weight is 486 g/mol. The lowest BCUT2D eigenvalue weighted by atomic mass is 10.2. The van der Waals surface area contributed by atoms with Crippen molar-refractivity contribution < 1.29 is 13.2 Å². The smallest absolute Gasteiger partial charge is 0.276 e. The van der Waals surface area contributed by atoms with Gasteiger partial charge in [-0.05, 0) is 55.2 Å². The molecule has 5 rings (SSSR count). The van der Waals surface area contributed by atoms with E-state index in [0.717, 1.165) is 42.4 Å². The van der Waals surface area contributed by atoms with E-state index >= 15 is 0 Å². The van der Waals surface area contributed by atoms with Gasteiger partial charge in [-0.25, -0.2) is 8.42 Å². The third-order valence-corrected chi connectivity index (χ3v) is 8.93. The number of likely N-dealkylation sites (N-methyl/N-ethyl adjacent to an activating group) is 1. The average Bonchev–Trinajstić information content (AvgIpc) is 3.54. The summed E-state index contributed by atoms with van der Waals surface area (Å²) in [4.78, 5) is 18.6. The largest absolute Gasteiger partial charge is 0.369 e. The Balaban J connectivity index is 1.34. The third kappa shape index (κ3) is 4.83. The van der Waals surface area contributed by atoms with Crippen LogP contribution in [0.2, 0.25) is 0 Å². The van der Waals surface area contributed by atoms with Gasteiger partial charge < -0.3 is 15.1 Å². The number of hydrogen-bond donors (Lipinski definition) is 1. The van der Waals surface area contributed by atoms with Crippen molar-refractivity contribution in [3.8, 4) is 10.6 Å². The molecular formula is C23H27N5O3S2. The number of benzene rings is 1. The van der Waals surface area contributed by atoms with E-state index < -0.39 is 9.84 Å². The molecule has 10 heteroatoms. The maximum atomic E-state index is 13.0. The summed E-state index contributed by atoms with van der Waals surface area (Å²) in [5.74, 6) is -0.0930. The van der Waals surface area contributed by atoms with Crippen LogP contribution in [-0.4, -0.2) is 73.7 Å². The van der Waals surface area contributed by atoms with E-state index in [4.69, 9.17) is 0 Å². The molecule has 0 radical (unpaired) electrons. The zero-order valence-corrected chi connectivity index (χ0v) is 20.1. The lowest BCUT2D eigenvalue weighted by molar-refractivity contribution is 0.102. The number of sulfone groups is 1. The van der Waals surface area contributed by atoms with E-state index in [1.807, 2.05) is 41.8 Å². The van der Waals surface area contributed by atoms with Gasteiger partial charge in [-0.15, -0.1) is 11.3 Å². The number of nitrogens with zero attached hydrogens (tertiary/aromatic N) is 4. The molecule has 1 unspecified atom stereocenters. The van der Waals surface area contributed by atoms with E-state index in [-0.39, 0.29) is 29.1 Å². The number of rotatable bonds is 5. The second-order valence-electron chi connectivity index (χ2n) is 8.68. The fourth-order valence-corrected chi connectivity index (χ4v) is 6.80. The molecule has 0 bridgehead atoms. The van der Waals surface area contributed by atoms with Crippen molar-refractivity contribution >= 4 is 38.5 Å². The minimum atomic E-state index is -3.07. The Morgan fingerprint density at radius 2 is 1.88 bits per heavy atom. The number of nitrogens with one attached hydrogen (secondary N) is 1. The Hall–Kier alpha value is -2.69. The number of thiophene rings is 1. The number of carbonyl (C=O) groups excluding carboxylic acids is 1. The first kappa shape index (κ1) is 22.1. The second-order valence-corrected chi connectivity index (χ2v) is 11.9. The second kappa shape index (κ2) is 8.92. The Morgan fingerprint density at radius 3 is 2.52 bits per heavy atom. The fourth-order valence-electron chi connectivity index (χ4n) is 4.38. The zero-order chi connectivity index (χ0) is 23.0. The zero-order valence-electron chi connectivity index (χ0n) is 18.5. The third-order valence-electron chi connectivity index (χ3n) is 6.29. The summed E-state index contributed by atoms with van der Waals surface area (Å²) in [5.41, 5.74) is 2.91. The van der Waals surface area contributed by atoms with Gasteiger partial charge in [0.05, 0.1) is 28.1 Å². The quantitative estimate of drug-likeness (QED) is 0.598. The van der Waals surface area contributed by atoms with E-state index in [1.165, 1.54) is 0 Å². The number of carbonyl (C=O) groups is 1. The van der Waals surface area contributed by atoms with E-state index in [0.29, 0.717) is 12.1 Å². The summed E-state index contributed by atoms with van der Waals surface area (Å²) in [5, 5.41) is 9.43. The van der Waals surface area contributed by atoms with Crippen LogP contribution in [-0.2, 0) is 9.84 Å². The normalized spacial score (nSPS) is 20.8. The summed E-state index contributed by atoms with van der Waals surface area (Å²) in [6.07, 6.45) is 0.511. The van der Waals surface area contributed by atoms with Crippen molar-refractivity contribution in [2.45, 2.75) is 12.5 Å². The SMILES string of the molecule is CN1CCN(c2ccc(NC(=O)c3cc(-c4cccs4)n(C4CCS(=O)(=O)C4)n3)cc2)CC1. The van der Waals surface area contributed by atoms with Crippen LogP contribution in [0.3, 0.4) is 0 Å². The molecular weight excluding hydrogens is 458 g/mol. The minimum absolute atomic E-state index is 0.0574. The highest BCUT2D eigenvalue weighted by atomic mass is 32.2. The lowest BCUT2D eigenvalue weighted by Gasteiger charge is -2.34. The fraction of sp³-hybridized carbons (Fsp3) is 0.391. The molecule has 2 aliphatic heterocycles. The van der Waals surface area contributed by atoms with Gasteiger partial charge in [0.15, 0.2) is 15.5 Å². The number of hydrogen-bond acceptors (Lipinski definition) is 7. The number of aromatic nitrogens is 2. The van der Waals surface area contributed by atoms with Crippen LogP contribution in [0.15, 0.2) is 47.8 Å². The van der Waals surface area contributed by atoms with Gasteiger partial charge in [0.2, 0.25) is 0 Å². The number of piperazine rings is 1. The summed E-state index contributed by atoms with van der Waals surface area (Å²) >= 11 is 1.54. The molecule has 2 fully saturated rings. The molecule has 1 atom stereocenters. The van der Waals surface area contributed by atoms with Crippen LogP contribution in [0.1, 0.15) is 23.0 Å². The number of amides is 1. The Kier molecular flexibility index (Phi) is 5.98. The van der Waals surface area contributed by atoms with Crippen LogP contribution in [0.25, 0.3) is 10.6 Å². The van der Waals surface area contributed by atoms with E-state index in [1.54, 1.807) is 22.1 Å². The summed E-state index contributed by atoms with van der Waals surface area (Å²) < 4.78 is 25.8. The minimum Gasteiger partial charge on any atom is -0.369 e. The Labute approximate surface area is 197 Å². The maximum absolute atomic E-state index is 13.0. The summed E-state index contributed by atoms with van der Waals surface area (Å²) in [6.45, 7) is 4.05. The molecule has 1 amide bonds. The van der Waals surface area contributed by atoms with Crippen molar-refractivity contribution in [1.82, 2.24) is 14.7 Å². The molecule has 2 saturated heterocycles. The van der Waals surface area contributed by atoms with Crippen molar-refractivity contribution in [3.63, 3.8) is 0 Å².